The van der Waals surface area contributed by atoms with E-state index in [2.05, 4.69) is 27.8 Å². The number of phenols is 1. The van der Waals surface area contributed by atoms with E-state index in [1.807, 2.05) is 10.8 Å². The molecule has 10 heteroatoms. The van der Waals surface area contributed by atoms with E-state index in [0.29, 0.717) is 40.9 Å². The summed E-state index contributed by atoms with van der Waals surface area (Å²) >= 11 is 3.33. The highest BCUT2D eigenvalue weighted by molar-refractivity contribution is 9.10. The van der Waals surface area contributed by atoms with E-state index in [9.17, 15) is 19.8 Å². The van der Waals surface area contributed by atoms with Crippen molar-refractivity contribution in [3.05, 3.63) is 76.3 Å². The summed E-state index contributed by atoms with van der Waals surface area (Å²) in [6, 6.07) is 9.12. The Labute approximate surface area is 229 Å². The fourth-order valence-corrected chi connectivity index (χ4v) is 4.89. The molecule has 0 aliphatic carbocycles. The van der Waals surface area contributed by atoms with Gasteiger partial charge in [0.05, 0.1) is 36.1 Å². The Balaban J connectivity index is 1.76. The molecule has 1 aliphatic heterocycles. The van der Waals surface area contributed by atoms with E-state index in [-0.39, 0.29) is 29.4 Å². The zero-order valence-corrected chi connectivity index (χ0v) is 22.8. The van der Waals surface area contributed by atoms with Crippen molar-refractivity contribution >= 4 is 33.4 Å². The Bertz CT molecular complexity index is 1340. The SMILES string of the molecule is CCCCOc1cccc(/C(O)=C2\C(=O)C(=O)N(CCCn3ccnc3)C2c2cc(Br)c(O)c(OC)c2)c1. The standard InChI is InChI=1S/C28H30BrN3O6/c1-3-4-13-38-20-8-5-7-18(14-20)25(33)23-24(19-15-21(29)26(34)22(16-19)37-2)32(28(36)27(23)35)11-6-10-31-12-9-30-17-31/h5,7-9,12,14-17,24,33-34H,3-4,6,10-11,13H2,1-2H3/b25-23+. The van der Waals surface area contributed by atoms with Crippen LogP contribution >= 0.6 is 15.9 Å². The van der Waals surface area contributed by atoms with Gasteiger partial charge in [0.25, 0.3) is 11.7 Å². The zero-order valence-electron chi connectivity index (χ0n) is 21.3. The number of hydrogen-bond donors (Lipinski definition) is 2. The highest BCUT2D eigenvalue weighted by Gasteiger charge is 2.46. The van der Waals surface area contributed by atoms with Crippen LogP contribution in [0.3, 0.4) is 0 Å². The van der Waals surface area contributed by atoms with Crippen LogP contribution in [0.2, 0.25) is 0 Å². The number of carbonyl (C=O) groups excluding carboxylic acids is 2. The second-order valence-electron chi connectivity index (χ2n) is 8.93. The number of likely N-dealkylation sites (tertiary alicyclic amines) is 1. The first kappa shape index (κ1) is 27.3. The zero-order chi connectivity index (χ0) is 27.2. The molecule has 2 N–H and O–H groups in total. The highest BCUT2D eigenvalue weighted by Crippen LogP contribution is 2.44. The van der Waals surface area contributed by atoms with Crippen molar-refractivity contribution in [3.8, 4) is 17.2 Å². The van der Waals surface area contributed by atoms with Crippen molar-refractivity contribution in [1.82, 2.24) is 14.5 Å². The van der Waals surface area contributed by atoms with Gasteiger partial charge < -0.3 is 29.2 Å². The molecule has 0 spiro atoms. The van der Waals surface area contributed by atoms with E-state index in [0.717, 1.165) is 12.8 Å². The molecule has 0 saturated carbocycles. The molecule has 1 amide bonds. The number of benzene rings is 2. The lowest BCUT2D eigenvalue weighted by molar-refractivity contribution is -0.139. The van der Waals surface area contributed by atoms with E-state index in [1.54, 1.807) is 48.9 Å². The van der Waals surface area contributed by atoms with Crippen LogP contribution in [0.4, 0.5) is 0 Å². The number of amides is 1. The number of rotatable bonds is 11. The van der Waals surface area contributed by atoms with Gasteiger partial charge in [-0.2, -0.15) is 0 Å². The van der Waals surface area contributed by atoms with Crippen molar-refractivity contribution < 1.29 is 29.3 Å². The number of imidazole rings is 1. The third-order valence-corrected chi connectivity index (χ3v) is 6.98. The van der Waals surface area contributed by atoms with Crippen molar-refractivity contribution in [2.75, 3.05) is 20.3 Å². The van der Waals surface area contributed by atoms with Crippen LogP contribution < -0.4 is 9.47 Å². The molecule has 200 valence electrons. The summed E-state index contributed by atoms with van der Waals surface area (Å²) in [6.07, 6.45) is 7.60. The molecule has 1 unspecified atom stereocenters. The summed E-state index contributed by atoms with van der Waals surface area (Å²) in [5.74, 6) is -1.16. The van der Waals surface area contributed by atoms with Gasteiger partial charge in [-0.3, -0.25) is 9.59 Å². The monoisotopic (exact) mass is 583 g/mol. The smallest absolute Gasteiger partial charge is 0.295 e. The number of nitrogens with zero attached hydrogens (tertiary/aromatic N) is 3. The van der Waals surface area contributed by atoms with Gasteiger partial charge in [0.1, 0.15) is 11.5 Å². The predicted octanol–water partition coefficient (Wildman–Crippen LogP) is 5.05. The lowest BCUT2D eigenvalue weighted by Crippen LogP contribution is -2.31. The average Bonchev–Trinajstić information content (AvgIpc) is 3.52. The minimum atomic E-state index is -0.895. The minimum absolute atomic E-state index is 0.0389. The van der Waals surface area contributed by atoms with Crippen molar-refractivity contribution in [2.24, 2.45) is 0 Å². The molecule has 3 aromatic rings. The van der Waals surface area contributed by atoms with Gasteiger partial charge in [-0.1, -0.05) is 25.5 Å². The van der Waals surface area contributed by atoms with Gasteiger partial charge in [0.15, 0.2) is 11.5 Å². The Morgan fingerprint density at radius 3 is 2.68 bits per heavy atom. The van der Waals surface area contributed by atoms with Gasteiger partial charge >= 0.3 is 0 Å². The Hall–Kier alpha value is -3.79. The second kappa shape index (κ2) is 12.2. The van der Waals surface area contributed by atoms with Crippen LogP contribution in [0.15, 0.2) is 65.2 Å². The fraction of sp³-hybridized carbons (Fsp3) is 0.321. The second-order valence-corrected chi connectivity index (χ2v) is 9.78. The van der Waals surface area contributed by atoms with Gasteiger partial charge in [-0.25, -0.2) is 4.98 Å². The Kier molecular flexibility index (Phi) is 8.73. The number of hydrogen-bond acceptors (Lipinski definition) is 7. The molecule has 1 atom stereocenters. The third kappa shape index (κ3) is 5.70. The lowest BCUT2D eigenvalue weighted by atomic mass is 9.95. The van der Waals surface area contributed by atoms with Crippen molar-refractivity contribution in [3.63, 3.8) is 0 Å². The Morgan fingerprint density at radius 1 is 1.16 bits per heavy atom. The maximum atomic E-state index is 13.4. The number of phenolic OH excluding ortho intramolecular Hbond substituents is 1. The molecule has 2 aromatic carbocycles. The number of carbonyl (C=O) groups is 2. The molecule has 0 radical (unpaired) electrons. The largest absolute Gasteiger partial charge is 0.507 e. The maximum absolute atomic E-state index is 13.4. The summed E-state index contributed by atoms with van der Waals surface area (Å²) in [5.41, 5.74) is 0.832. The van der Waals surface area contributed by atoms with Crippen LogP contribution in [-0.2, 0) is 16.1 Å². The normalized spacial score (nSPS) is 16.7. The van der Waals surface area contributed by atoms with Crippen LogP contribution in [-0.4, -0.2) is 56.6 Å². The van der Waals surface area contributed by atoms with Crippen molar-refractivity contribution in [1.29, 1.82) is 0 Å². The molecule has 9 nitrogen and oxygen atoms in total. The third-order valence-electron chi connectivity index (χ3n) is 6.37. The number of ketones is 1. The maximum Gasteiger partial charge on any atom is 0.295 e. The molecular formula is C28H30BrN3O6. The molecule has 1 aromatic heterocycles. The van der Waals surface area contributed by atoms with E-state index < -0.39 is 17.7 Å². The number of aliphatic hydroxyl groups excluding tert-OH is 1. The summed E-state index contributed by atoms with van der Waals surface area (Å²) < 4.78 is 13.3. The van der Waals surface area contributed by atoms with Gasteiger partial charge in [-0.15, -0.1) is 0 Å². The summed E-state index contributed by atoms with van der Waals surface area (Å²) in [6.45, 7) is 3.45. The first-order valence-electron chi connectivity index (χ1n) is 12.4. The van der Waals surface area contributed by atoms with Gasteiger partial charge in [-0.05, 0) is 58.6 Å². The van der Waals surface area contributed by atoms with E-state index in [4.69, 9.17) is 9.47 Å². The fourth-order valence-electron chi connectivity index (χ4n) is 4.43. The molecule has 0 bridgehead atoms. The highest BCUT2D eigenvalue weighted by atomic mass is 79.9. The Morgan fingerprint density at radius 2 is 1.97 bits per heavy atom. The minimum Gasteiger partial charge on any atom is -0.507 e. The first-order valence-corrected chi connectivity index (χ1v) is 13.2. The van der Waals surface area contributed by atoms with Gasteiger partial charge in [0, 0.05) is 31.0 Å². The number of methoxy groups -OCH3 is 1. The molecule has 1 aliphatic rings. The van der Waals surface area contributed by atoms with E-state index in [1.165, 1.54) is 12.0 Å². The van der Waals surface area contributed by atoms with E-state index >= 15 is 0 Å². The summed E-state index contributed by atoms with van der Waals surface area (Å²) in [4.78, 5) is 32.1. The summed E-state index contributed by atoms with van der Waals surface area (Å²) in [7, 11) is 1.41. The average molecular weight is 584 g/mol. The van der Waals surface area contributed by atoms with Crippen LogP contribution in [0, 0.1) is 0 Å². The summed E-state index contributed by atoms with van der Waals surface area (Å²) in [5, 5.41) is 21.8. The van der Waals surface area contributed by atoms with Gasteiger partial charge in [0.2, 0.25) is 0 Å². The molecule has 38 heavy (non-hydrogen) atoms. The predicted molar refractivity (Wildman–Crippen MR) is 145 cm³/mol. The molecule has 1 fully saturated rings. The number of ether oxygens (including phenoxy) is 2. The number of aromatic nitrogens is 2. The molecule has 1 saturated heterocycles. The van der Waals surface area contributed by atoms with Crippen LogP contribution in [0.25, 0.3) is 5.76 Å². The number of halogens is 1. The van der Waals surface area contributed by atoms with Crippen molar-refractivity contribution in [2.45, 2.75) is 38.8 Å². The molecule has 4 rings (SSSR count). The van der Waals surface area contributed by atoms with Crippen LogP contribution in [0.1, 0.15) is 43.4 Å². The topological polar surface area (TPSA) is 114 Å². The molecular weight excluding hydrogens is 554 g/mol. The first-order chi connectivity index (χ1) is 18.3. The number of unbranched alkanes of at least 4 members (excludes halogenated alkanes) is 1. The lowest BCUT2D eigenvalue weighted by Gasteiger charge is -2.26. The van der Waals surface area contributed by atoms with Crippen LogP contribution in [0.5, 0.6) is 17.2 Å². The number of aryl methyl sites for hydroxylation is 1. The quantitative estimate of drug-likeness (QED) is 0.140. The molecule has 2 heterocycles. The number of Topliss-reactive ketones (excluding diaryl/α,β-unsaturated/α-hetero) is 1. The number of aromatic hydroxyl groups is 1. The number of aliphatic hydroxyl groups is 1.